The van der Waals surface area contributed by atoms with E-state index in [1.165, 1.54) is 0 Å². The van der Waals surface area contributed by atoms with Gasteiger partial charge in [0.2, 0.25) is 0 Å². The molecular weight excluding hydrogens is 320 g/mol. The number of pyridine rings is 1. The minimum absolute atomic E-state index is 0.0724. The molecule has 0 N–H and O–H groups in total. The third kappa shape index (κ3) is 2.49. The number of alkyl halides is 2. The SMILES string of the molecule is Cc1cccc(-c2ccn3c(CC4CC4(F)F)nnc3c2Cl)c1. The fraction of sp³-hybridized carbons (Fsp3) is 0.294. The predicted octanol–water partition coefficient (Wildman–Crippen LogP) is 4.56. The van der Waals surface area contributed by atoms with Crippen molar-refractivity contribution >= 4 is 17.2 Å². The van der Waals surface area contributed by atoms with Crippen molar-refractivity contribution in [2.75, 3.05) is 0 Å². The molecule has 0 amide bonds. The Hall–Kier alpha value is -2.01. The van der Waals surface area contributed by atoms with Crippen LogP contribution in [0.2, 0.25) is 5.02 Å². The molecule has 2 aromatic heterocycles. The molecule has 0 radical (unpaired) electrons. The maximum atomic E-state index is 13.1. The first-order valence-corrected chi connectivity index (χ1v) is 7.80. The van der Waals surface area contributed by atoms with Crippen LogP contribution in [0.15, 0.2) is 36.5 Å². The molecule has 118 valence electrons. The number of benzene rings is 1. The fourth-order valence-electron chi connectivity index (χ4n) is 2.86. The molecule has 1 fully saturated rings. The Morgan fingerprint density at radius 2 is 2.09 bits per heavy atom. The van der Waals surface area contributed by atoms with Gasteiger partial charge in [-0.25, -0.2) is 8.78 Å². The van der Waals surface area contributed by atoms with E-state index in [4.69, 9.17) is 11.6 Å². The second-order valence-electron chi connectivity index (χ2n) is 6.09. The highest BCUT2D eigenvalue weighted by Gasteiger charge is 2.56. The largest absolute Gasteiger partial charge is 0.285 e. The van der Waals surface area contributed by atoms with Gasteiger partial charge in [0.15, 0.2) is 5.65 Å². The molecule has 3 aromatic rings. The van der Waals surface area contributed by atoms with E-state index in [9.17, 15) is 8.78 Å². The van der Waals surface area contributed by atoms with Gasteiger partial charge >= 0.3 is 0 Å². The van der Waals surface area contributed by atoms with Crippen LogP contribution < -0.4 is 0 Å². The zero-order chi connectivity index (χ0) is 16.2. The van der Waals surface area contributed by atoms with Gasteiger partial charge in [-0.05, 0) is 18.6 Å². The Labute approximate surface area is 136 Å². The van der Waals surface area contributed by atoms with Crippen molar-refractivity contribution in [2.24, 2.45) is 5.92 Å². The van der Waals surface area contributed by atoms with Crippen LogP contribution in [0.4, 0.5) is 8.78 Å². The van der Waals surface area contributed by atoms with Gasteiger partial charge in [-0.3, -0.25) is 4.40 Å². The number of hydrogen-bond donors (Lipinski definition) is 0. The molecule has 23 heavy (non-hydrogen) atoms. The number of fused-ring (bicyclic) bond motifs is 1. The molecule has 0 saturated heterocycles. The minimum atomic E-state index is -2.56. The van der Waals surface area contributed by atoms with E-state index in [1.54, 1.807) is 10.6 Å². The maximum Gasteiger partial charge on any atom is 0.252 e. The van der Waals surface area contributed by atoms with Crippen molar-refractivity contribution in [3.63, 3.8) is 0 Å². The van der Waals surface area contributed by atoms with Crippen molar-refractivity contribution in [1.82, 2.24) is 14.6 Å². The van der Waals surface area contributed by atoms with Crippen LogP contribution in [0.3, 0.4) is 0 Å². The van der Waals surface area contributed by atoms with Crippen LogP contribution in [-0.2, 0) is 6.42 Å². The highest BCUT2D eigenvalue weighted by Crippen LogP contribution is 2.50. The van der Waals surface area contributed by atoms with Crippen molar-refractivity contribution in [2.45, 2.75) is 25.7 Å². The molecule has 6 heteroatoms. The molecule has 4 rings (SSSR count). The summed E-state index contributed by atoms with van der Waals surface area (Å²) in [4.78, 5) is 0. The summed E-state index contributed by atoms with van der Waals surface area (Å²) in [6.45, 7) is 2.01. The number of halogens is 3. The van der Waals surface area contributed by atoms with E-state index in [2.05, 4.69) is 10.2 Å². The summed E-state index contributed by atoms with van der Waals surface area (Å²) >= 11 is 6.48. The third-order valence-corrected chi connectivity index (χ3v) is 4.68. The van der Waals surface area contributed by atoms with Crippen LogP contribution in [0.5, 0.6) is 0 Å². The lowest BCUT2D eigenvalue weighted by Crippen LogP contribution is -2.02. The molecule has 3 nitrogen and oxygen atoms in total. The quantitative estimate of drug-likeness (QED) is 0.703. The van der Waals surface area contributed by atoms with E-state index >= 15 is 0 Å². The molecule has 1 aliphatic carbocycles. The van der Waals surface area contributed by atoms with Crippen molar-refractivity contribution < 1.29 is 8.78 Å². The molecular formula is C17H14ClF2N3. The molecule has 1 unspecified atom stereocenters. The van der Waals surface area contributed by atoms with Crippen LogP contribution in [-0.4, -0.2) is 20.5 Å². The molecule has 1 aromatic carbocycles. The summed E-state index contributed by atoms with van der Waals surface area (Å²) in [7, 11) is 0. The van der Waals surface area contributed by atoms with Crippen molar-refractivity contribution in [3.8, 4) is 11.1 Å². The van der Waals surface area contributed by atoms with Gasteiger partial charge in [0.05, 0.1) is 5.02 Å². The van der Waals surface area contributed by atoms with Gasteiger partial charge in [-0.15, -0.1) is 10.2 Å². The van der Waals surface area contributed by atoms with E-state index in [1.807, 2.05) is 37.3 Å². The fourth-order valence-corrected chi connectivity index (χ4v) is 3.16. The van der Waals surface area contributed by atoms with Gasteiger partial charge in [-0.1, -0.05) is 41.4 Å². The molecule has 0 aliphatic heterocycles. The lowest BCUT2D eigenvalue weighted by molar-refractivity contribution is 0.0984. The van der Waals surface area contributed by atoms with E-state index < -0.39 is 11.8 Å². The van der Waals surface area contributed by atoms with Crippen LogP contribution in [0.25, 0.3) is 16.8 Å². The molecule has 0 spiro atoms. The monoisotopic (exact) mass is 333 g/mol. The van der Waals surface area contributed by atoms with Crippen LogP contribution in [0.1, 0.15) is 17.8 Å². The van der Waals surface area contributed by atoms with Crippen LogP contribution in [0, 0.1) is 12.8 Å². The average Bonchev–Trinajstić information content (AvgIpc) is 2.92. The lowest BCUT2D eigenvalue weighted by atomic mass is 10.0. The molecule has 1 aliphatic rings. The van der Waals surface area contributed by atoms with E-state index in [-0.39, 0.29) is 12.8 Å². The first kappa shape index (κ1) is 14.6. The van der Waals surface area contributed by atoms with E-state index in [0.717, 1.165) is 16.7 Å². The standard InChI is InChI=1S/C17H14ClF2N3/c1-10-3-2-4-11(7-10)13-5-6-23-14(8-12-9-17(12,19)20)21-22-16(23)15(13)18/h2-7,12H,8-9H2,1H3. The van der Waals surface area contributed by atoms with Gasteiger partial charge in [0, 0.05) is 30.5 Å². The Kier molecular flexibility index (Phi) is 3.17. The highest BCUT2D eigenvalue weighted by molar-refractivity contribution is 6.36. The lowest BCUT2D eigenvalue weighted by Gasteiger charge is -2.07. The van der Waals surface area contributed by atoms with Crippen LogP contribution >= 0.6 is 11.6 Å². The Balaban J connectivity index is 1.75. The second-order valence-corrected chi connectivity index (χ2v) is 6.47. The average molecular weight is 334 g/mol. The zero-order valence-electron chi connectivity index (χ0n) is 12.4. The van der Waals surface area contributed by atoms with Crippen molar-refractivity contribution in [3.05, 3.63) is 52.9 Å². The van der Waals surface area contributed by atoms with E-state index in [0.29, 0.717) is 16.5 Å². The van der Waals surface area contributed by atoms with Gasteiger partial charge < -0.3 is 0 Å². The van der Waals surface area contributed by atoms with Gasteiger partial charge in [0.25, 0.3) is 5.92 Å². The normalized spacial score (nSPS) is 19.2. The summed E-state index contributed by atoms with van der Waals surface area (Å²) in [6, 6.07) is 9.88. The Morgan fingerprint density at radius 1 is 1.30 bits per heavy atom. The topological polar surface area (TPSA) is 30.2 Å². The first-order valence-electron chi connectivity index (χ1n) is 7.43. The first-order chi connectivity index (χ1) is 11.0. The minimum Gasteiger partial charge on any atom is -0.285 e. The zero-order valence-corrected chi connectivity index (χ0v) is 13.2. The van der Waals surface area contributed by atoms with Crippen molar-refractivity contribution in [1.29, 1.82) is 0 Å². The molecule has 2 heterocycles. The number of aryl methyl sites for hydroxylation is 1. The Bertz CT molecular complexity index is 904. The smallest absolute Gasteiger partial charge is 0.252 e. The highest BCUT2D eigenvalue weighted by atomic mass is 35.5. The van der Waals surface area contributed by atoms with Gasteiger partial charge in [0.1, 0.15) is 5.82 Å². The predicted molar refractivity (Wildman–Crippen MR) is 84.9 cm³/mol. The second kappa shape index (κ2) is 4.99. The molecule has 1 saturated carbocycles. The number of nitrogens with zero attached hydrogens (tertiary/aromatic N) is 3. The number of hydrogen-bond acceptors (Lipinski definition) is 2. The van der Waals surface area contributed by atoms with Gasteiger partial charge in [-0.2, -0.15) is 0 Å². The molecule has 0 bridgehead atoms. The third-order valence-electron chi connectivity index (χ3n) is 4.30. The summed E-state index contributed by atoms with van der Waals surface area (Å²) in [6.07, 6.45) is 1.94. The summed E-state index contributed by atoms with van der Waals surface area (Å²) < 4.78 is 27.9. The summed E-state index contributed by atoms with van der Waals surface area (Å²) in [5.41, 5.74) is 3.50. The summed E-state index contributed by atoms with van der Waals surface area (Å²) in [5, 5.41) is 8.63. The maximum absolute atomic E-state index is 13.1. The molecule has 1 atom stereocenters. The number of rotatable bonds is 3. The Morgan fingerprint density at radius 3 is 2.78 bits per heavy atom. The summed E-state index contributed by atoms with van der Waals surface area (Å²) in [5.74, 6) is -2.66. The number of aromatic nitrogens is 3.